The zero-order valence-electron chi connectivity index (χ0n) is 11.0. The molecular formula is C15H15N3S. The van der Waals surface area contributed by atoms with Crippen molar-refractivity contribution in [3.8, 4) is 0 Å². The van der Waals surface area contributed by atoms with Gasteiger partial charge in [-0.25, -0.2) is 9.97 Å². The van der Waals surface area contributed by atoms with Gasteiger partial charge in [0, 0.05) is 6.54 Å². The molecule has 0 unspecified atom stereocenters. The summed E-state index contributed by atoms with van der Waals surface area (Å²) >= 11 is 1.69. The number of benzene rings is 1. The lowest BCUT2D eigenvalue weighted by molar-refractivity contribution is 1.09. The van der Waals surface area contributed by atoms with E-state index in [0.29, 0.717) is 0 Å². The molecule has 19 heavy (non-hydrogen) atoms. The number of hydrogen-bond donors (Lipinski definition) is 1. The molecule has 1 aromatic carbocycles. The number of nitrogens with one attached hydrogen (secondary N) is 1. The average Bonchev–Trinajstić information content (AvgIpc) is 2.81. The van der Waals surface area contributed by atoms with E-state index in [9.17, 15) is 0 Å². The molecule has 96 valence electrons. The first-order chi connectivity index (χ1) is 9.25. The minimum atomic E-state index is 0.787. The van der Waals surface area contributed by atoms with E-state index in [1.54, 1.807) is 17.7 Å². The Morgan fingerprint density at radius 2 is 1.95 bits per heavy atom. The highest BCUT2D eigenvalue weighted by molar-refractivity contribution is 7.18. The summed E-state index contributed by atoms with van der Waals surface area (Å²) in [5, 5.41) is 5.54. The smallest absolute Gasteiger partial charge is 0.147 e. The van der Waals surface area contributed by atoms with Gasteiger partial charge in [0.2, 0.25) is 0 Å². The maximum Gasteiger partial charge on any atom is 0.147 e. The highest BCUT2D eigenvalue weighted by Gasteiger charge is 2.07. The van der Waals surface area contributed by atoms with Gasteiger partial charge in [-0.3, -0.25) is 0 Å². The van der Waals surface area contributed by atoms with Crippen molar-refractivity contribution in [2.45, 2.75) is 20.4 Å². The number of aromatic nitrogens is 2. The minimum Gasteiger partial charge on any atom is -0.365 e. The van der Waals surface area contributed by atoms with E-state index in [4.69, 9.17) is 0 Å². The first kappa shape index (κ1) is 12.1. The predicted octanol–water partition coefficient (Wildman–Crippen LogP) is 3.92. The molecule has 3 rings (SSSR count). The van der Waals surface area contributed by atoms with Crippen LogP contribution in [-0.2, 0) is 6.54 Å². The Balaban J connectivity index is 1.88. The lowest BCUT2D eigenvalue weighted by atomic mass is 10.1. The molecule has 0 saturated carbocycles. The van der Waals surface area contributed by atoms with Gasteiger partial charge in [-0.15, -0.1) is 11.3 Å². The van der Waals surface area contributed by atoms with Gasteiger partial charge < -0.3 is 5.32 Å². The minimum absolute atomic E-state index is 0.787. The average molecular weight is 269 g/mol. The molecule has 0 aliphatic carbocycles. The van der Waals surface area contributed by atoms with Crippen molar-refractivity contribution in [3.63, 3.8) is 0 Å². The number of fused-ring (bicyclic) bond motifs is 1. The standard InChI is InChI=1S/C15H15N3S/c1-10-5-3-4-6-12(10)7-16-15-14-13(17-9-18-15)11(2)8-19-14/h3-6,8-9H,7H2,1-2H3,(H,16,17,18). The van der Waals surface area contributed by atoms with E-state index in [2.05, 4.69) is 58.8 Å². The fourth-order valence-corrected chi connectivity index (χ4v) is 3.05. The first-order valence-corrected chi connectivity index (χ1v) is 7.11. The molecule has 2 aromatic heterocycles. The van der Waals surface area contributed by atoms with Crippen LogP contribution in [0.2, 0.25) is 0 Å². The van der Waals surface area contributed by atoms with E-state index in [0.717, 1.165) is 22.6 Å². The fraction of sp³-hybridized carbons (Fsp3) is 0.200. The molecule has 0 amide bonds. The van der Waals surface area contributed by atoms with Crippen molar-refractivity contribution in [1.29, 1.82) is 0 Å². The highest BCUT2D eigenvalue weighted by atomic mass is 32.1. The SMILES string of the molecule is Cc1ccccc1CNc1ncnc2c(C)csc12. The molecule has 0 radical (unpaired) electrons. The molecule has 3 nitrogen and oxygen atoms in total. The van der Waals surface area contributed by atoms with Crippen LogP contribution in [0.25, 0.3) is 10.2 Å². The largest absolute Gasteiger partial charge is 0.365 e. The van der Waals surface area contributed by atoms with Crippen molar-refractivity contribution >= 4 is 27.4 Å². The quantitative estimate of drug-likeness (QED) is 0.783. The van der Waals surface area contributed by atoms with Crippen LogP contribution >= 0.6 is 11.3 Å². The number of nitrogens with zero attached hydrogens (tertiary/aromatic N) is 2. The lowest BCUT2D eigenvalue weighted by Gasteiger charge is -2.08. The number of anilines is 1. The number of rotatable bonds is 3. The van der Waals surface area contributed by atoms with E-state index < -0.39 is 0 Å². The van der Waals surface area contributed by atoms with E-state index in [-0.39, 0.29) is 0 Å². The lowest BCUT2D eigenvalue weighted by Crippen LogP contribution is -2.03. The molecule has 0 bridgehead atoms. The Hall–Kier alpha value is -1.94. The molecule has 0 atom stereocenters. The summed E-state index contributed by atoms with van der Waals surface area (Å²) in [6.45, 7) is 4.99. The second-order valence-corrected chi connectivity index (χ2v) is 5.48. The molecule has 2 heterocycles. The van der Waals surface area contributed by atoms with Gasteiger partial charge in [-0.05, 0) is 35.9 Å². The summed E-state index contributed by atoms with van der Waals surface area (Å²) in [6, 6.07) is 8.39. The van der Waals surface area contributed by atoms with Crippen LogP contribution < -0.4 is 5.32 Å². The maximum absolute atomic E-state index is 4.35. The Labute approximate surface area is 116 Å². The van der Waals surface area contributed by atoms with Gasteiger partial charge in [0.1, 0.15) is 12.1 Å². The van der Waals surface area contributed by atoms with Crippen molar-refractivity contribution < 1.29 is 0 Å². The van der Waals surface area contributed by atoms with Crippen LogP contribution in [0.5, 0.6) is 0 Å². The van der Waals surface area contributed by atoms with Crippen molar-refractivity contribution in [2.75, 3.05) is 5.32 Å². The highest BCUT2D eigenvalue weighted by Crippen LogP contribution is 2.28. The van der Waals surface area contributed by atoms with Crippen LogP contribution in [0.4, 0.5) is 5.82 Å². The predicted molar refractivity (Wildman–Crippen MR) is 80.7 cm³/mol. The number of aryl methyl sites for hydroxylation is 2. The second kappa shape index (κ2) is 4.97. The van der Waals surface area contributed by atoms with Gasteiger partial charge in [0.25, 0.3) is 0 Å². The third kappa shape index (κ3) is 2.31. The number of thiophene rings is 1. The zero-order valence-corrected chi connectivity index (χ0v) is 11.8. The normalized spacial score (nSPS) is 10.8. The molecule has 0 spiro atoms. The Morgan fingerprint density at radius 3 is 2.79 bits per heavy atom. The van der Waals surface area contributed by atoms with Gasteiger partial charge >= 0.3 is 0 Å². The van der Waals surface area contributed by atoms with Crippen LogP contribution in [0, 0.1) is 13.8 Å². The van der Waals surface area contributed by atoms with Crippen LogP contribution in [0.3, 0.4) is 0 Å². The van der Waals surface area contributed by atoms with Crippen LogP contribution in [0.1, 0.15) is 16.7 Å². The van der Waals surface area contributed by atoms with Crippen LogP contribution in [-0.4, -0.2) is 9.97 Å². The van der Waals surface area contributed by atoms with Gasteiger partial charge in [-0.1, -0.05) is 24.3 Å². The topological polar surface area (TPSA) is 37.8 Å². The van der Waals surface area contributed by atoms with Crippen molar-refractivity contribution in [2.24, 2.45) is 0 Å². The molecule has 3 aromatic rings. The Bertz CT molecular complexity index is 718. The second-order valence-electron chi connectivity index (χ2n) is 4.60. The molecule has 0 fully saturated rings. The van der Waals surface area contributed by atoms with Gasteiger partial charge in [0.05, 0.1) is 10.2 Å². The van der Waals surface area contributed by atoms with Crippen LogP contribution in [0.15, 0.2) is 36.0 Å². The third-order valence-electron chi connectivity index (χ3n) is 3.24. The monoisotopic (exact) mass is 269 g/mol. The Kier molecular flexibility index (Phi) is 3.17. The summed E-state index contributed by atoms with van der Waals surface area (Å²) in [5.41, 5.74) is 4.85. The summed E-state index contributed by atoms with van der Waals surface area (Å²) < 4.78 is 1.13. The Morgan fingerprint density at radius 1 is 1.11 bits per heavy atom. The van der Waals surface area contributed by atoms with Gasteiger partial charge in [0.15, 0.2) is 0 Å². The van der Waals surface area contributed by atoms with Crippen molar-refractivity contribution in [3.05, 3.63) is 52.7 Å². The maximum atomic E-state index is 4.35. The van der Waals surface area contributed by atoms with E-state index in [1.165, 1.54) is 16.7 Å². The van der Waals surface area contributed by atoms with Gasteiger partial charge in [-0.2, -0.15) is 0 Å². The van der Waals surface area contributed by atoms with Crippen molar-refractivity contribution in [1.82, 2.24) is 9.97 Å². The molecule has 0 saturated heterocycles. The summed E-state index contributed by atoms with van der Waals surface area (Å²) in [5.74, 6) is 0.923. The number of hydrogen-bond acceptors (Lipinski definition) is 4. The first-order valence-electron chi connectivity index (χ1n) is 6.23. The van der Waals surface area contributed by atoms with E-state index >= 15 is 0 Å². The van der Waals surface area contributed by atoms with E-state index in [1.807, 2.05) is 0 Å². The fourth-order valence-electron chi connectivity index (χ4n) is 2.08. The summed E-state index contributed by atoms with van der Waals surface area (Å²) in [4.78, 5) is 8.69. The molecule has 0 aliphatic heterocycles. The molecule has 4 heteroatoms. The molecular weight excluding hydrogens is 254 g/mol. The molecule has 1 N–H and O–H groups in total. The zero-order chi connectivity index (χ0) is 13.2. The summed E-state index contributed by atoms with van der Waals surface area (Å²) in [7, 11) is 0. The molecule has 0 aliphatic rings. The summed E-state index contributed by atoms with van der Waals surface area (Å²) in [6.07, 6.45) is 1.63. The third-order valence-corrected chi connectivity index (χ3v) is 4.33.